The summed E-state index contributed by atoms with van der Waals surface area (Å²) in [4.78, 5) is 0. The lowest BCUT2D eigenvalue weighted by molar-refractivity contribution is 0.200. The first-order valence-corrected chi connectivity index (χ1v) is 8.67. The van der Waals surface area contributed by atoms with Crippen LogP contribution >= 0.6 is 31.9 Å². The molecule has 0 aromatic heterocycles. The van der Waals surface area contributed by atoms with Gasteiger partial charge in [-0.3, -0.25) is 0 Å². The zero-order chi connectivity index (χ0) is 14.0. The predicted octanol–water partition coefficient (Wildman–Crippen LogP) is 5.83. The maximum atomic E-state index is 3.79. The molecule has 1 aromatic rings. The fourth-order valence-electron chi connectivity index (χ4n) is 2.86. The number of benzene rings is 1. The third-order valence-electron chi connectivity index (χ3n) is 4.25. The Morgan fingerprint density at radius 1 is 1.21 bits per heavy atom. The molecule has 1 aromatic carbocycles. The van der Waals surface area contributed by atoms with Crippen LogP contribution in [-0.2, 0) is 0 Å². The van der Waals surface area contributed by atoms with Gasteiger partial charge in [0.1, 0.15) is 0 Å². The highest BCUT2D eigenvalue weighted by molar-refractivity contribution is 9.11. The van der Waals surface area contributed by atoms with Crippen molar-refractivity contribution in [1.82, 2.24) is 5.32 Å². The van der Waals surface area contributed by atoms with E-state index in [0.717, 1.165) is 4.47 Å². The standard InChI is InChI=1S/C16H23Br2N/c1-11(14-5-4-12(17)10-15(14)18)19-13-6-8-16(2,3)9-7-13/h4-5,10-11,13,19H,6-9H2,1-3H3. The van der Waals surface area contributed by atoms with Crippen molar-refractivity contribution in [3.8, 4) is 0 Å². The minimum absolute atomic E-state index is 0.397. The SMILES string of the molecule is CC(NC1CCC(C)(C)CC1)c1ccc(Br)cc1Br. The average Bonchev–Trinajstić information content (AvgIpc) is 2.31. The highest BCUT2D eigenvalue weighted by Gasteiger charge is 2.27. The Labute approximate surface area is 133 Å². The number of halogens is 2. The van der Waals surface area contributed by atoms with Crippen molar-refractivity contribution in [1.29, 1.82) is 0 Å². The van der Waals surface area contributed by atoms with Crippen LogP contribution in [0.4, 0.5) is 0 Å². The van der Waals surface area contributed by atoms with Crippen molar-refractivity contribution in [3.05, 3.63) is 32.7 Å². The molecule has 1 N–H and O–H groups in total. The fourth-order valence-corrected chi connectivity index (χ4v) is 4.25. The van der Waals surface area contributed by atoms with Gasteiger partial charge in [0.25, 0.3) is 0 Å². The van der Waals surface area contributed by atoms with Gasteiger partial charge in [-0.25, -0.2) is 0 Å². The van der Waals surface area contributed by atoms with Gasteiger partial charge in [0.15, 0.2) is 0 Å². The van der Waals surface area contributed by atoms with Crippen LogP contribution in [0.25, 0.3) is 0 Å². The van der Waals surface area contributed by atoms with Gasteiger partial charge in [0.05, 0.1) is 0 Å². The third kappa shape index (κ3) is 4.30. The second kappa shape index (κ2) is 6.28. The highest BCUT2D eigenvalue weighted by atomic mass is 79.9. The number of hydrogen-bond acceptors (Lipinski definition) is 1. The van der Waals surface area contributed by atoms with E-state index >= 15 is 0 Å². The molecule has 1 atom stereocenters. The summed E-state index contributed by atoms with van der Waals surface area (Å²) in [6.45, 7) is 7.03. The van der Waals surface area contributed by atoms with E-state index in [1.807, 2.05) is 0 Å². The largest absolute Gasteiger partial charge is 0.307 e. The first kappa shape index (κ1) is 15.5. The minimum atomic E-state index is 0.397. The van der Waals surface area contributed by atoms with Crippen LogP contribution < -0.4 is 5.32 Å². The Morgan fingerprint density at radius 3 is 2.42 bits per heavy atom. The van der Waals surface area contributed by atoms with Crippen molar-refractivity contribution < 1.29 is 0 Å². The Morgan fingerprint density at radius 2 is 1.84 bits per heavy atom. The maximum absolute atomic E-state index is 3.79. The van der Waals surface area contributed by atoms with E-state index in [9.17, 15) is 0 Å². The zero-order valence-electron chi connectivity index (χ0n) is 12.0. The molecule has 1 aliphatic rings. The Bertz CT molecular complexity index is 432. The van der Waals surface area contributed by atoms with Crippen LogP contribution in [0.3, 0.4) is 0 Å². The molecule has 3 heteroatoms. The molecule has 0 amide bonds. The van der Waals surface area contributed by atoms with E-state index in [4.69, 9.17) is 0 Å². The van der Waals surface area contributed by atoms with Gasteiger partial charge in [0.2, 0.25) is 0 Å². The lowest BCUT2D eigenvalue weighted by Crippen LogP contribution is -2.37. The topological polar surface area (TPSA) is 12.0 Å². The van der Waals surface area contributed by atoms with Crippen LogP contribution in [0, 0.1) is 5.41 Å². The van der Waals surface area contributed by atoms with E-state index in [-0.39, 0.29) is 0 Å². The summed E-state index contributed by atoms with van der Waals surface area (Å²) in [6.07, 6.45) is 5.26. The molecule has 106 valence electrons. The molecular weight excluding hydrogens is 366 g/mol. The van der Waals surface area contributed by atoms with Crippen molar-refractivity contribution in [3.63, 3.8) is 0 Å². The molecule has 1 unspecified atom stereocenters. The summed E-state index contributed by atoms with van der Waals surface area (Å²) in [5, 5.41) is 3.79. The lowest BCUT2D eigenvalue weighted by atomic mass is 9.75. The normalized spacial score (nSPS) is 21.3. The monoisotopic (exact) mass is 387 g/mol. The molecule has 2 rings (SSSR count). The van der Waals surface area contributed by atoms with E-state index in [0.29, 0.717) is 17.5 Å². The van der Waals surface area contributed by atoms with Gasteiger partial charge in [-0.2, -0.15) is 0 Å². The maximum Gasteiger partial charge on any atom is 0.0305 e. The van der Waals surface area contributed by atoms with Crippen LogP contribution in [-0.4, -0.2) is 6.04 Å². The summed E-state index contributed by atoms with van der Waals surface area (Å²) in [5.41, 5.74) is 1.88. The zero-order valence-corrected chi connectivity index (χ0v) is 15.1. The van der Waals surface area contributed by atoms with Crippen molar-refractivity contribution in [2.45, 2.75) is 58.5 Å². The highest BCUT2D eigenvalue weighted by Crippen LogP contribution is 2.36. The summed E-state index contributed by atoms with van der Waals surface area (Å²) in [5.74, 6) is 0. The van der Waals surface area contributed by atoms with Gasteiger partial charge in [-0.15, -0.1) is 0 Å². The summed E-state index contributed by atoms with van der Waals surface area (Å²) in [7, 11) is 0. The smallest absolute Gasteiger partial charge is 0.0305 e. The summed E-state index contributed by atoms with van der Waals surface area (Å²) < 4.78 is 2.30. The molecule has 0 radical (unpaired) electrons. The van der Waals surface area contributed by atoms with E-state index < -0.39 is 0 Å². The molecule has 0 heterocycles. The molecule has 1 nitrogen and oxygen atoms in total. The van der Waals surface area contributed by atoms with Gasteiger partial charge in [0, 0.05) is 21.0 Å². The molecule has 19 heavy (non-hydrogen) atoms. The van der Waals surface area contributed by atoms with Crippen molar-refractivity contribution >= 4 is 31.9 Å². The van der Waals surface area contributed by atoms with E-state index in [1.165, 1.54) is 35.7 Å². The number of hydrogen-bond donors (Lipinski definition) is 1. The van der Waals surface area contributed by atoms with E-state index in [2.05, 4.69) is 76.1 Å². The second-order valence-electron chi connectivity index (χ2n) is 6.49. The number of rotatable bonds is 3. The van der Waals surface area contributed by atoms with Crippen molar-refractivity contribution in [2.75, 3.05) is 0 Å². The molecule has 0 bridgehead atoms. The first-order valence-electron chi connectivity index (χ1n) is 7.08. The Kier molecular flexibility index (Phi) is 5.13. The van der Waals surface area contributed by atoms with Gasteiger partial charge in [-0.1, -0.05) is 51.8 Å². The third-order valence-corrected chi connectivity index (χ3v) is 5.43. The average molecular weight is 389 g/mol. The fraction of sp³-hybridized carbons (Fsp3) is 0.625. The first-order chi connectivity index (χ1) is 8.87. The lowest BCUT2D eigenvalue weighted by Gasteiger charge is -2.36. The summed E-state index contributed by atoms with van der Waals surface area (Å²) >= 11 is 7.17. The van der Waals surface area contributed by atoms with Gasteiger partial charge < -0.3 is 5.32 Å². The van der Waals surface area contributed by atoms with E-state index in [1.54, 1.807) is 0 Å². The molecule has 1 fully saturated rings. The molecule has 0 aliphatic heterocycles. The van der Waals surface area contributed by atoms with Crippen LogP contribution in [0.15, 0.2) is 27.1 Å². The second-order valence-corrected chi connectivity index (χ2v) is 8.26. The summed E-state index contributed by atoms with van der Waals surface area (Å²) in [6, 6.07) is 7.49. The minimum Gasteiger partial charge on any atom is -0.307 e. The molecule has 0 spiro atoms. The molecular formula is C16H23Br2N. The predicted molar refractivity (Wildman–Crippen MR) is 89.4 cm³/mol. The molecule has 0 saturated heterocycles. The quantitative estimate of drug-likeness (QED) is 0.686. The van der Waals surface area contributed by atoms with Gasteiger partial charge in [-0.05, 0) is 55.7 Å². The Balaban J connectivity index is 1.96. The van der Waals surface area contributed by atoms with Crippen molar-refractivity contribution in [2.24, 2.45) is 5.41 Å². The molecule has 1 aliphatic carbocycles. The van der Waals surface area contributed by atoms with Crippen LogP contribution in [0.2, 0.25) is 0 Å². The molecule has 1 saturated carbocycles. The Hall–Kier alpha value is 0.140. The van der Waals surface area contributed by atoms with Crippen LogP contribution in [0.1, 0.15) is 58.1 Å². The van der Waals surface area contributed by atoms with Crippen LogP contribution in [0.5, 0.6) is 0 Å². The van der Waals surface area contributed by atoms with Gasteiger partial charge >= 0.3 is 0 Å². The number of nitrogens with one attached hydrogen (secondary N) is 1.